The maximum absolute atomic E-state index is 12.4. The van der Waals surface area contributed by atoms with E-state index in [-0.39, 0.29) is 23.3 Å². The fraction of sp³-hybridized carbons (Fsp3) is 0.316. The Labute approximate surface area is 141 Å². The summed E-state index contributed by atoms with van der Waals surface area (Å²) in [4.78, 5) is 14.1. The number of likely N-dealkylation sites (tertiary alicyclic amines) is 1. The van der Waals surface area contributed by atoms with Crippen LogP contribution in [0.25, 0.3) is 0 Å². The lowest BCUT2D eigenvalue weighted by Gasteiger charge is -2.39. The van der Waals surface area contributed by atoms with Gasteiger partial charge in [-0.15, -0.1) is 0 Å². The third-order valence-electron chi connectivity index (χ3n) is 4.18. The van der Waals surface area contributed by atoms with Gasteiger partial charge in [-0.3, -0.25) is 4.79 Å². The van der Waals surface area contributed by atoms with Crippen LogP contribution in [0, 0.1) is 0 Å². The fourth-order valence-electron chi connectivity index (χ4n) is 2.70. The molecule has 5 nitrogen and oxygen atoms in total. The van der Waals surface area contributed by atoms with Crippen LogP contribution in [-0.2, 0) is 6.42 Å². The third kappa shape index (κ3) is 3.30. The molecular formula is C19H21NO4. The van der Waals surface area contributed by atoms with Crippen molar-refractivity contribution in [2.45, 2.75) is 19.4 Å². The lowest BCUT2D eigenvalue weighted by molar-refractivity contribution is 0.0175. The maximum Gasteiger partial charge on any atom is 0.257 e. The number of carbonyl (C=O) groups excluding carboxylic acids is 1. The molecule has 0 radical (unpaired) electrons. The molecule has 1 amide bonds. The monoisotopic (exact) mass is 327 g/mol. The summed E-state index contributed by atoms with van der Waals surface area (Å²) >= 11 is 0. The topological polar surface area (TPSA) is 59.0 Å². The van der Waals surface area contributed by atoms with E-state index in [1.165, 1.54) is 18.7 Å². The Bertz CT molecular complexity index is 738. The number of hydrogen-bond acceptors (Lipinski definition) is 4. The number of carbonyl (C=O) groups is 1. The van der Waals surface area contributed by atoms with E-state index >= 15 is 0 Å². The quantitative estimate of drug-likeness (QED) is 0.917. The van der Waals surface area contributed by atoms with Gasteiger partial charge < -0.3 is 19.5 Å². The highest BCUT2D eigenvalue weighted by molar-refractivity contribution is 5.97. The van der Waals surface area contributed by atoms with Gasteiger partial charge in [0, 0.05) is 6.07 Å². The summed E-state index contributed by atoms with van der Waals surface area (Å²) in [7, 11) is 1.52. The Hall–Kier alpha value is -2.69. The molecule has 1 aliphatic rings. The van der Waals surface area contributed by atoms with Crippen molar-refractivity contribution in [3.63, 3.8) is 0 Å². The van der Waals surface area contributed by atoms with Crippen molar-refractivity contribution in [2.24, 2.45) is 0 Å². The first kappa shape index (κ1) is 16.2. The molecule has 1 heterocycles. The SMILES string of the molecule is CCc1cccc(OC2CN(C(=O)c3ccc(OC)cc3O)C2)c1. The molecular weight excluding hydrogens is 306 g/mol. The number of hydrogen-bond donors (Lipinski definition) is 1. The van der Waals surface area contributed by atoms with Gasteiger partial charge in [0.25, 0.3) is 5.91 Å². The number of methoxy groups -OCH3 is 1. The van der Waals surface area contributed by atoms with Crippen LogP contribution in [0.4, 0.5) is 0 Å². The molecule has 3 rings (SSSR count). The molecule has 0 aliphatic carbocycles. The zero-order chi connectivity index (χ0) is 17.1. The minimum Gasteiger partial charge on any atom is -0.507 e. The van der Waals surface area contributed by atoms with Gasteiger partial charge in [-0.1, -0.05) is 19.1 Å². The fourth-order valence-corrected chi connectivity index (χ4v) is 2.70. The second kappa shape index (κ2) is 6.83. The predicted octanol–water partition coefficient (Wildman–Crippen LogP) is 2.87. The number of phenolic OH excluding ortho intramolecular Hbond substituents is 1. The minimum atomic E-state index is -0.197. The first-order valence-electron chi connectivity index (χ1n) is 8.02. The van der Waals surface area contributed by atoms with Crippen LogP contribution in [0.1, 0.15) is 22.8 Å². The summed E-state index contributed by atoms with van der Waals surface area (Å²) in [5.74, 6) is 1.08. The van der Waals surface area contributed by atoms with Gasteiger partial charge in [0.15, 0.2) is 0 Å². The van der Waals surface area contributed by atoms with E-state index in [2.05, 4.69) is 13.0 Å². The molecule has 2 aromatic carbocycles. The summed E-state index contributed by atoms with van der Waals surface area (Å²) in [5, 5.41) is 9.96. The number of amides is 1. The Balaban J connectivity index is 1.59. The lowest BCUT2D eigenvalue weighted by Crippen LogP contribution is -2.56. The van der Waals surface area contributed by atoms with Crippen LogP contribution in [-0.4, -0.2) is 42.2 Å². The summed E-state index contributed by atoms with van der Waals surface area (Å²) in [5.41, 5.74) is 1.50. The summed E-state index contributed by atoms with van der Waals surface area (Å²) in [6.45, 7) is 3.13. The number of benzene rings is 2. The molecule has 0 atom stereocenters. The van der Waals surface area contributed by atoms with E-state index in [1.54, 1.807) is 17.0 Å². The molecule has 0 spiro atoms. The van der Waals surface area contributed by atoms with E-state index in [4.69, 9.17) is 9.47 Å². The van der Waals surface area contributed by atoms with Crippen LogP contribution in [0.5, 0.6) is 17.2 Å². The number of nitrogens with zero attached hydrogens (tertiary/aromatic N) is 1. The van der Waals surface area contributed by atoms with Crippen molar-refractivity contribution >= 4 is 5.91 Å². The van der Waals surface area contributed by atoms with Gasteiger partial charge in [0.1, 0.15) is 23.4 Å². The molecule has 1 aliphatic heterocycles. The number of phenols is 1. The highest BCUT2D eigenvalue weighted by atomic mass is 16.5. The minimum absolute atomic E-state index is 0.0125. The molecule has 1 fully saturated rings. The number of rotatable bonds is 5. The summed E-state index contributed by atoms with van der Waals surface area (Å²) in [6, 6.07) is 12.7. The van der Waals surface area contributed by atoms with Crippen LogP contribution >= 0.6 is 0 Å². The van der Waals surface area contributed by atoms with Crippen molar-refractivity contribution in [3.8, 4) is 17.2 Å². The molecule has 1 saturated heterocycles. The van der Waals surface area contributed by atoms with Crippen molar-refractivity contribution in [1.29, 1.82) is 0 Å². The van der Waals surface area contributed by atoms with Crippen molar-refractivity contribution in [2.75, 3.05) is 20.2 Å². The molecule has 24 heavy (non-hydrogen) atoms. The Kier molecular flexibility index (Phi) is 4.60. The van der Waals surface area contributed by atoms with Crippen LogP contribution in [0.3, 0.4) is 0 Å². The highest BCUT2D eigenvalue weighted by Crippen LogP contribution is 2.27. The Morgan fingerprint density at radius 1 is 1.21 bits per heavy atom. The van der Waals surface area contributed by atoms with E-state index < -0.39 is 0 Å². The molecule has 0 bridgehead atoms. The van der Waals surface area contributed by atoms with Crippen molar-refractivity contribution < 1.29 is 19.4 Å². The Morgan fingerprint density at radius 3 is 2.67 bits per heavy atom. The molecule has 1 N–H and O–H groups in total. The van der Waals surface area contributed by atoms with Crippen LogP contribution in [0.15, 0.2) is 42.5 Å². The van der Waals surface area contributed by atoms with Crippen LogP contribution in [0.2, 0.25) is 0 Å². The Morgan fingerprint density at radius 2 is 2.00 bits per heavy atom. The smallest absolute Gasteiger partial charge is 0.257 e. The summed E-state index contributed by atoms with van der Waals surface area (Å²) in [6.07, 6.45) is 0.949. The number of aromatic hydroxyl groups is 1. The zero-order valence-corrected chi connectivity index (χ0v) is 13.9. The molecule has 2 aromatic rings. The van der Waals surface area contributed by atoms with Crippen molar-refractivity contribution in [1.82, 2.24) is 4.90 Å². The average molecular weight is 327 g/mol. The van der Waals surface area contributed by atoms with Crippen LogP contribution < -0.4 is 9.47 Å². The average Bonchev–Trinajstić information content (AvgIpc) is 2.57. The van der Waals surface area contributed by atoms with Gasteiger partial charge >= 0.3 is 0 Å². The van der Waals surface area contributed by atoms with Gasteiger partial charge in [0.05, 0.1) is 25.8 Å². The number of aryl methyl sites for hydroxylation is 1. The van der Waals surface area contributed by atoms with E-state index in [9.17, 15) is 9.90 Å². The summed E-state index contributed by atoms with van der Waals surface area (Å²) < 4.78 is 10.9. The second-order valence-electron chi connectivity index (χ2n) is 5.83. The molecule has 0 aromatic heterocycles. The first-order chi connectivity index (χ1) is 11.6. The highest BCUT2D eigenvalue weighted by Gasteiger charge is 2.33. The standard InChI is InChI=1S/C19H21NO4/c1-3-13-5-4-6-15(9-13)24-16-11-20(12-16)19(22)17-8-7-14(23-2)10-18(17)21/h4-10,16,21H,3,11-12H2,1-2H3. The third-order valence-corrected chi connectivity index (χ3v) is 4.18. The normalized spacial score (nSPS) is 14.2. The molecule has 126 valence electrons. The van der Waals surface area contributed by atoms with Gasteiger partial charge in [0.2, 0.25) is 0 Å². The van der Waals surface area contributed by atoms with E-state index in [0.29, 0.717) is 18.8 Å². The van der Waals surface area contributed by atoms with Crippen molar-refractivity contribution in [3.05, 3.63) is 53.6 Å². The molecule has 0 unspecified atom stereocenters. The van der Waals surface area contributed by atoms with Gasteiger partial charge in [-0.25, -0.2) is 0 Å². The maximum atomic E-state index is 12.4. The predicted molar refractivity (Wildman–Crippen MR) is 90.8 cm³/mol. The number of ether oxygens (including phenoxy) is 2. The zero-order valence-electron chi connectivity index (χ0n) is 13.9. The van der Waals surface area contributed by atoms with E-state index in [0.717, 1.165) is 12.2 Å². The largest absolute Gasteiger partial charge is 0.507 e. The van der Waals surface area contributed by atoms with E-state index in [1.807, 2.05) is 18.2 Å². The van der Waals surface area contributed by atoms with Gasteiger partial charge in [-0.05, 0) is 36.2 Å². The van der Waals surface area contributed by atoms with Gasteiger partial charge in [-0.2, -0.15) is 0 Å². The first-order valence-corrected chi connectivity index (χ1v) is 8.02. The molecule has 5 heteroatoms. The second-order valence-corrected chi connectivity index (χ2v) is 5.83. The lowest BCUT2D eigenvalue weighted by atomic mass is 10.1. The molecule has 0 saturated carbocycles.